The fraction of sp³-hybridized carbons (Fsp3) is 0.909. The van der Waals surface area contributed by atoms with Crippen molar-refractivity contribution in [1.29, 1.82) is 0 Å². The minimum atomic E-state index is -0.847. The average molecular weight is 331 g/mol. The van der Waals surface area contributed by atoms with Gasteiger partial charge in [-0.15, -0.1) is 6.42 Å². The highest BCUT2D eigenvalue weighted by atomic mass is 16.5. The second-order valence-electron chi connectivity index (χ2n) is 10.0. The molecular weight excluding hydrogens is 296 g/mol. The quantitative estimate of drug-likeness (QED) is 0.722. The van der Waals surface area contributed by atoms with Gasteiger partial charge in [0.05, 0.1) is 6.10 Å². The molecule has 0 aliphatic heterocycles. The van der Waals surface area contributed by atoms with Gasteiger partial charge in [0.15, 0.2) is 0 Å². The Morgan fingerprint density at radius 1 is 1.08 bits per heavy atom. The Balaban J connectivity index is 1.60. The Labute approximate surface area is 147 Å². The van der Waals surface area contributed by atoms with Gasteiger partial charge in [-0.3, -0.25) is 0 Å². The summed E-state index contributed by atoms with van der Waals surface area (Å²) in [5.41, 5.74) is -0.106. The molecule has 0 aromatic rings. The summed E-state index contributed by atoms with van der Waals surface area (Å²) in [5.74, 6) is 5.78. The van der Waals surface area contributed by atoms with E-state index in [1.54, 1.807) is 0 Å². The van der Waals surface area contributed by atoms with Gasteiger partial charge in [-0.05, 0) is 92.3 Å². The van der Waals surface area contributed by atoms with Crippen molar-refractivity contribution in [2.24, 2.45) is 34.5 Å². The van der Waals surface area contributed by atoms with Gasteiger partial charge in [0.25, 0.3) is 0 Å². The number of hydrogen-bond acceptors (Lipinski definition) is 2. The van der Waals surface area contributed by atoms with Gasteiger partial charge in [0, 0.05) is 7.11 Å². The predicted molar refractivity (Wildman–Crippen MR) is 96.3 cm³/mol. The zero-order valence-electron chi connectivity index (χ0n) is 15.7. The molecule has 4 fully saturated rings. The molecule has 1 N–H and O–H groups in total. The lowest BCUT2D eigenvalue weighted by Gasteiger charge is -2.60. The van der Waals surface area contributed by atoms with Crippen molar-refractivity contribution in [1.82, 2.24) is 0 Å². The third kappa shape index (κ3) is 2.31. The summed E-state index contributed by atoms with van der Waals surface area (Å²) in [5, 5.41) is 10.8. The van der Waals surface area contributed by atoms with Crippen LogP contribution in [0.25, 0.3) is 0 Å². The molecule has 0 saturated heterocycles. The van der Waals surface area contributed by atoms with Crippen LogP contribution in [-0.2, 0) is 4.74 Å². The van der Waals surface area contributed by atoms with Crippen LogP contribution in [0.2, 0.25) is 0 Å². The van der Waals surface area contributed by atoms with Crippen LogP contribution < -0.4 is 0 Å². The first-order valence-corrected chi connectivity index (χ1v) is 10.1. The highest BCUT2D eigenvalue weighted by Crippen LogP contribution is 2.67. The van der Waals surface area contributed by atoms with E-state index in [1.807, 2.05) is 7.11 Å². The van der Waals surface area contributed by atoms with Gasteiger partial charge in [0.1, 0.15) is 5.60 Å². The molecule has 0 heterocycles. The summed E-state index contributed by atoms with van der Waals surface area (Å²) in [4.78, 5) is 0. The summed E-state index contributed by atoms with van der Waals surface area (Å²) in [6.07, 6.45) is 16.9. The lowest BCUT2D eigenvalue weighted by atomic mass is 9.45. The summed E-state index contributed by atoms with van der Waals surface area (Å²) in [6, 6.07) is 0. The maximum atomic E-state index is 10.8. The van der Waals surface area contributed by atoms with Gasteiger partial charge in [-0.1, -0.05) is 19.8 Å². The standard InChI is InChI=1S/C22H34O2/c1-5-22(23)13-19-17-7-6-15-12-16(24-4)8-11-21(15,3)18(17)9-10-20(19,2)14-22/h1,15-19,23H,6-14H2,2-4H3/t15-,16+,17-,18+,19+,20-,21+,22-/m1/s1. The number of terminal acetylenes is 1. The number of fused-ring (bicyclic) bond motifs is 5. The molecule has 4 rings (SSSR count). The molecule has 2 heteroatoms. The van der Waals surface area contributed by atoms with Gasteiger partial charge >= 0.3 is 0 Å². The maximum absolute atomic E-state index is 10.8. The van der Waals surface area contributed by atoms with Crippen LogP contribution in [0.4, 0.5) is 0 Å². The van der Waals surface area contributed by atoms with Crippen molar-refractivity contribution in [3.63, 3.8) is 0 Å². The second kappa shape index (κ2) is 5.49. The largest absolute Gasteiger partial charge is 0.381 e. The van der Waals surface area contributed by atoms with Crippen LogP contribution in [-0.4, -0.2) is 23.9 Å². The van der Waals surface area contributed by atoms with E-state index in [2.05, 4.69) is 19.8 Å². The van der Waals surface area contributed by atoms with Crippen LogP contribution in [0.3, 0.4) is 0 Å². The van der Waals surface area contributed by atoms with Crippen LogP contribution >= 0.6 is 0 Å². The van der Waals surface area contributed by atoms with E-state index < -0.39 is 5.60 Å². The molecule has 4 aliphatic carbocycles. The van der Waals surface area contributed by atoms with Crippen molar-refractivity contribution in [3.8, 4) is 12.3 Å². The van der Waals surface area contributed by atoms with E-state index in [0.29, 0.717) is 17.4 Å². The van der Waals surface area contributed by atoms with Crippen molar-refractivity contribution < 1.29 is 9.84 Å². The van der Waals surface area contributed by atoms with Gasteiger partial charge in [0.2, 0.25) is 0 Å². The fourth-order valence-corrected chi connectivity index (χ4v) is 7.66. The van der Waals surface area contributed by atoms with Crippen molar-refractivity contribution in [2.45, 2.75) is 83.3 Å². The van der Waals surface area contributed by atoms with Crippen molar-refractivity contribution >= 4 is 0 Å². The molecule has 134 valence electrons. The fourth-order valence-electron chi connectivity index (χ4n) is 7.66. The number of rotatable bonds is 1. The van der Waals surface area contributed by atoms with Crippen molar-refractivity contribution in [2.75, 3.05) is 7.11 Å². The zero-order valence-corrected chi connectivity index (χ0v) is 15.7. The Morgan fingerprint density at radius 2 is 1.88 bits per heavy atom. The van der Waals surface area contributed by atoms with Crippen LogP contribution in [0.5, 0.6) is 0 Å². The molecule has 2 nitrogen and oxygen atoms in total. The third-order valence-corrected chi connectivity index (χ3v) is 8.99. The lowest BCUT2D eigenvalue weighted by molar-refractivity contribution is -0.125. The van der Waals surface area contributed by atoms with E-state index in [1.165, 1.54) is 44.9 Å². The number of aliphatic hydroxyl groups is 1. The molecule has 0 bridgehead atoms. The van der Waals surface area contributed by atoms with Crippen molar-refractivity contribution in [3.05, 3.63) is 0 Å². The molecule has 0 aromatic carbocycles. The Kier molecular flexibility index (Phi) is 3.87. The Bertz CT molecular complexity index is 551. The molecular formula is C22H34O2. The minimum absolute atomic E-state index is 0.259. The summed E-state index contributed by atoms with van der Waals surface area (Å²) in [7, 11) is 1.88. The number of hydrogen-bond donors (Lipinski definition) is 1. The maximum Gasteiger partial charge on any atom is 0.126 e. The highest BCUT2D eigenvalue weighted by Gasteiger charge is 2.61. The average Bonchev–Trinajstić information content (AvgIpc) is 2.85. The lowest BCUT2D eigenvalue weighted by Crippen LogP contribution is -2.53. The molecule has 0 radical (unpaired) electrons. The monoisotopic (exact) mass is 330 g/mol. The SMILES string of the molecule is C#C[C@@]1(O)C[C@H]2[C@@H]3CC[C@@H]4C[C@@H](OC)CC[C@]4(C)[C@H]3CC[C@]2(C)C1. The molecule has 4 aliphatic rings. The summed E-state index contributed by atoms with van der Waals surface area (Å²) < 4.78 is 5.69. The second-order valence-corrected chi connectivity index (χ2v) is 10.0. The zero-order chi connectivity index (χ0) is 17.2. The molecule has 4 saturated carbocycles. The normalized spacial score (nSPS) is 56.7. The van der Waals surface area contributed by atoms with Crippen LogP contribution in [0.1, 0.15) is 71.6 Å². The topological polar surface area (TPSA) is 29.5 Å². The highest BCUT2D eigenvalue weighted by molar-refractivity contribution is 5.19. The summed E-state index contributed by atoms with van der Waals surface area (Å²) >= 11 is 0. The predicted octanol–water partition coefficient (Wildman–Crippen LogP) is 4.41. The molecule has 8 atom stereocenters. The first-order chi connectivity index (χ1) is 11.3. The van der Waals surface area contributed by atoms with Crippen LogP contribution in [0.15, 0.2) is 0 Å². The van der Waals surface area contributed by atoms with Crippen LogP contribution in [0, 0.1) is 46.8 Å². The summed E-state index contributed by atoms with van der Waals surface area (Å²) in [6.45, 7) is 4.98. The van der Waals surface area contributed by atoms with Gasteiger partial charge in [-0.25, -0.2) is 0 Å². The van der Waals surface area contributed by atoms with E-state index in [9.17, 15) is 5.11 Å². The molecule has 0 amide bonds. The molecule has 24 heavy (non-hydrogen) atoms. The molecule has 0 aromatic heterocycles. The van der Waals surface area contributed by atoms with E-state index >= 15 is 0 Å². The first-order valence-electron chi connectivity index (χ1n) is 10.1. The Morgan fingerprint density at radius 3 is 2.58 bits per heavy atom. The number of methoxy groups -OCH3 is 1. The Hall–Kier alpha value is -0.520. The minimum Gasteiger partial charge on any atom is -0.381 e. The molecule has 0 spiro atoms. The smallest absolute Gasteiger partial charge is 0.126 e. The van der Waals surface area contributed by atoms with E-state index in [-0.39, 0.29) is 5.41 Å². The van der Waals surface area contributed by atoms with Gasteiger partial charge in [-0.2, -0.15) is 0 Å². The molecule has 0 unspecified atom stereocenters. The van der Waals surface area contributed by atoms with Gasteiger partial charge < -0.3 is 9.84 Å². The third-order valence-electron chi connectivity index (χ3n) is 8.99. The van der Waals surface area contributed by atoms with E-state index in [4.69, 9.17) is 11.2 Å². The number of ether oxygens (including phenoxy) is 1. The van der Waals surface area contributed by atoms with E-state index in [0.717, 1.165) is 30.6 Å². The first kappa shape index (κ1) is 16.9.